The molecule has 0 fully saturated rings. The highest BCUT2D eigenvalue weighted by atomic mass is 16.7. The molecule has 0 atom stereocenters. The molecule has 1 amide bonds. The molecular weight excluding hydrogens is 208 g/mol. The Kier molecular flexibility index (Phi) is 2.92. The van der Waals surface area contributed by atoms with Crippen molar-refractivity contribution in [3.8, 4) is 17.6 Å². The number of carbonyl (C=O) groups excluding carboxylic acids is 1. The minimum Gasteiger partial charge on any atom is -0.454 e. The van der Waals surface area contributed by atoms with E-state index in [9.17, 15) is 4.79 Å². The number of nitriles is 1. The van der Waals surface area contributed by atoms with Gasteiger partial charge in [0, 0.05) is 6.54 Å². The van der Waals surface area contributed by atoms with E-state index < -0.39 is 5.91 Å². The number of nitrogens with one attached hydrogen (secondary N) is 1. The molecule has 1 aromatic carbocycles. The highest BCUT2D eigenvalue weighted by Crippen LogP contribution is 2.32. The SMILES string of the molecule is N#CC(=O)NCCc1ccc2c(c1)OCO2. The Labute approximate surface area is 92.6 Å². The van der Waals surface area contributed by atoms with Gasteiger partial charge in [-0.25, -0.2) is 0 Å². The molecule has 5 nitrogen and oxygen atoms in total. The zero-order valence-corrected chi connectivity index (χ0v) is 8.53. The molecule has 1 N–H and O–H groups in total. The predicted octanol–water partition coefficient (Wildman–Crippen LogP) is 0.598. The van der Waals surface area contributed by atoms with E-state index in [0.29, 0.717) is 13.0 Å². The molecule has 0 spiro atoms. The smallest absolute Gasteiger partial charge is 0.322 e. The largest absolute Gasteiger partial charge is 0.454 e. The molecule has 0 aliphatic carbocycles. The monoisotopic (exact) mass is 218 g/mol. The van der Waals surface area contributed by atoms with Crippen LogP contribution in [0.1, 0.15) is 5.56 Å². The van der Waals surface area contributed by atoms with E-state index in [-0.39, 0.29) is 6.79 Å². The van der Waals surface area contributed by atoms with Crippen LogP contribution in [0.15, 0.2) is 18.2 Å². The quantitative estimate of drug-likeness (QED) is 0.754. The Hall–Kier alpha value is -2.22. The van der Waals surface area contributed by atoms with Crippen molar-refractivity contribution in [3.05, 3.63) is 23.8 Å². The van der Waals surface area contributed by atoms with Crippen LogP contribution in [0.5, 0.6) is 11.5 Å². The van der Waals surface area contributed by atoms with Crippen LogP contribution < -0.4 is 14.8 Å². The lowest BCUT2D eigenvalue weighted by Crippen LogP contribution is -2.23. The molecule has 0 aromatic heterocycles. The van der Waals surface area contributed by atoms with Gasteiger partial charge in [-0.2, -0.15) is 5.26 Å². The molecule has 0 unspecified atom stereocenters. The topological polar surface area (TPSA) is 71.4 Å². The van der Waals surface area contributed by atoms with Crippen LogP contribution in [0.2, 0.25) is 0 Å². The second-order valence-corrected chi connectivity index (χ2v) is 3.31. The maximum Gasteiger partial charge on any atom is 0.322 e. The number of nitrogens with zero attached hydrogens (tertiary/aromatic N) is 1. The van der Waals surface area contributed by atoms with Gasteiger partial charge >= 0.3 is 5.91 Å². The van der Waals surface area contributed by atoms with Gasteiger partial charge in [0.2, 0.25) is 6.79 Å². The van der Waals surface area contributed by atoms with Crippen LogP contribution in [-0.4, -0.2) is 19.2 Å². The van der Waals surface area contributed by atoms with Gasteiger partial charge in [-0.3, -0.25) is 4.79 Å². The number of fused-ring (bicyclic) bond motifs is 1. The first kappa shape index (κ1) is 10.3. The zero-order valence-electron chi connectivity index (χ0n) is 8.53. The standard InChI is InChI=1S/C11H10N2O3/c12-6-11(14)13-4-3-8-1-2-9-10(5-8)16-7-15-9/h1-2,5H,3-4,7H2,(H,13,14). The Morgan fingerprint density at radius 3 is 3.06 bits per heavy atom. The lowest BCUT2D eigenvalue weighted by atomic mass is 10.1. The second kappa shape index (κ2) is 4.53. The van der Waals surface area contributed by atoms with Gasteiger partial charge in [0.05, 0.1) is 0 Å². The van der Waals surface area contributed by atoms with Gasteiger partial charge in [-0.1, -0.05) is 6.07 Å². The molecular formula is C11H10N2O3. The van der Waals surface area contributed by atoms with Gasteiger partial charge in [0.1, 0.15) is 0 Å². The first-order valence-corrected chi connectivity index (χ1v) is 4.86. The summed E-state index contributed by atoms with van der Waals surface area (Å²) in [4.78, 5) is 10.7. The first-order chi connectivity index (χ1) is 7.79. The fourth-order valence-corrected chi connectivity index (χ4v) is 1.46. The molecule has 82 valence electrons. The number of amides is 1. The number of carbonyl (C=O) groups is 1. The van der Waals surface area contributed by atoms with Crippen LogP contribution in [0.4, 0.5) is 0 Å². The molecule has 16 heavy (non-hydrogen) atoms. The van der Waals surface area contributed by atoms with Crippen molar-refractivity contribution in [1.82, 2.24) is 5.32 Å². The minimum atomic E-state index is -0.610. The van der Waals surface area contributed by atoms with Gasteiger partial charge in [0.25, 0.3) is 0 Å². The van der Waals surface area contributed by atoms with Crippen LogP contribution in [0.25, 0.3) is 0 Å². The number of hydrogen-bond acceptors (Lipinski definition) is 4. The molecule has 1 aliphatic rings. The van der Waals surface area contributed by atoms with E-state index in [1.165, 1.54) is 6.07 Å². The van der Waals surface area contributed by atoms with E-state index in [0.717, 1.165) is 17.1 Å². The molecule has 1 heterocycles. The Morgan fingerprint density at radius 1 is 1.44 bits per heavy atom. The van der Waals surface area contributed by atoms with Crippen molar-refractivity contribution in [2.45, 2.75) is 6.42 Å². The molecule has 2 rings (SSSR count). The van der Waals surface area contributed by atoms with Crippen molar-refractivity contribution in [2.24, 2.45) is 0 Å². The predicted molar refractivity (Wildman–Crippen MR) is 54.9 cm³/mol. The van der Waals surface area contributed by atoms with Crippen LogP contribution in [-0.2, 0) is 11.2 Å². The molecule has 0 saturated heterocycles. The van der Waals surface area contributed by atoms with Gasteiger partial charge in [0.15, 0.2) is 17.6 Å². The van der Waals surface area contributed by atoms with E-state index in [2.05, 4.69) is 5.32 Å². The maximum atomic E-state index is 10.7. The van der Waals surface area contributed by atoms with Crippen LogP contribution in [0.3, 0.4) is 0 Å². The van der Waals surface area contributed by atoms with E-state index in [4.69, 9.17) is 14.7 Å². The van der Waals surface area contributed by atoms with Crippen molar-refractivity contribution >= 4 is 5.91 Å². The fourth-order valence-electron chi connectivity index (χ4n) is 1.46. The maximum absolute atomic E-state index is 10.7. The van der Waals surface area contributed by atoms with Crippen LogP contribution >= 0.6 is 0 Å². The number of benzene rings is 1. The lowest BCUT2D eigenvalue weighted by Gasteiger charge is -2.02. The summed E-state index contributed by atoms with van der Waals surface area (Å²) in [6, 6.07) is 7.12. The summed E-state index contributed by atoms with van der Waals surface area (Å²) in [5.74, 6) is 0.856. The summed E-state index contributed by atoms with van der Waals surface area (Å²) >= 11 is 0. The second-order valence-electron chi connectivity index (χ2n) is 3.31. The summed E-state index contributed by atoms with van der Waals surface area (Å²) in [5.41, 5.74) is 1.03. The highest BCUT2D eigenvalue weighted by molar-refractivity contribution is 5.91. The summed E-state index contributed by atoms with van der Waals surface area (Å²) < 4.78 is 10.4. The number of ether oxygens (including phenoxy) is 2. The van der Waals surface area contributed by atoms with Gasteiger partial charge in [-0.05, 0) is 24.1 Å². The molecule has 1 aromatic rings. The third-order valence-electron chi connectivity index (χ3n) is 2.24. The van der Waals surface area contributed by atoms with Crippen molar-refractivity contribution < 1.29 is 14.3 Å². The molecule has 0 bridgehead atoms. The third kappa shape index (κ3) is 2.23. The number of hydrogen-bond donors (Lipinski definition) is 1. The third-order valence-corrected chi connectivity index (χ3v) is 2.24. The van der Waals surface area contributed by atoms with E-state index in [1.807, 2.05) is 18.2 Å². The van der Waals surface area contributed by atoms with Gasteiger partial charge in [-0.15, -0.1) is 0 Å². The minimum absolute atomic E-state index is 0.254. The molecule has 1 aliphatic heterocycles. The highest BCUT2D eigenvalue weighted by Gasteiger charge is 2.12. The van der Waals surface area contributed by atoms with Gasteiger partial charge < -0.3 is 14.8 Å². The Morgan fingerprint density at radius 2 is 2.25 bits per heavy atom. The molecule has 5 heteroatoms. The average molecular weight is 218 g/mol. The normalized spacial score (nSPS) is 11.9. The average Bonchev–Trinajstić information content (AvgIpc) is 2.76. The molecule has 0 saturated carbocycles. The van der Waals surface area contributed by atoms with Crippen molar-refractivity contribution in [2.75, 3.05) is 13.3 Å². The number of rotatable bonds is 3. The fraction of sp³-hybridized carbons (Fsp3) is 0.273. The molecule has 0 radical (unpaired) electrons. The lowest BCUT2D eigenvalue weighted by molar-refractivity contribution is -0.115. The Bertz CT molecular complexity index is 451. The van der Waals surface area contributed by atoms with E-state index in [1.54, 1.807) is 0 Å². The van der Waals surface area contributed by atoms with Crippen molar-refractivity contribution in [1.29, 1.82) is 5.26 Å². The Balaban J connectivity index is 1.91. The summed E-state index contributed by atoms with van der Waals surface area (Å²) in [6.07, 6.45) is 0.657. The summed E-state index contributed by atoms with van der Waals surface area (Å²) in [5, 5.41) is 10.7. The van der Waals surface area contributed by atoms with Crippen LogP contribution in [0, 0.1) is 11.3 Å². The summed E-state index contributed by atoms with van der Waals surface area (Å²) in [7, 11) is 0. The van der Waals surface area contributed by atoms with E-state index >= 15 is 0 Å². The summed E-state index contributed by atoms with van der Waals surface area (Å²) in [6.45, 7) is 0.690. The first-order valence-electron chi connectivity index (χ1n) is 4.86. The van der Waals surface area contributed by atoms with Crippen molar-refractivity contribution in [3.63, 3.8) is 0 Å². The zero-order chi connectivity index (χ0) is 11.4.